The molecule has 0 bridgehead atoms. The molecule has 0 aliphatic rings. The van der Waals surface area contributed by atoms with E-state index in [0.29, 0.717) is 6.42 Å². The van der Waals surface area contributed by atoms with Crippen molar-refractivity contribution in [2.75, 3.05) is 13.7 Å². The molecule has 0 fully saturated rings. The lowest BCUT2D eigenvalue weighted by Crippen LogP contribution is -2.34. The van der Waals surface area contributed by atoms with Gasteiger partial charge in [-0.2, -0.15) is 0 Å². The summed E-state index contributed by atoms with van der Waals surface area (Å²) in [7, 11) is 1.64. The normalized spacial score (nSPS) is 11.7. The van der Waals surface area contributed by atoms with Gasteiger partial charge in [0.05, 0.1) is 19.7 Å². The number of hydrogen-bond donors (Lipinski definition) is 2. The Labute approximate surface area is 124 Å². The van der Waals surface area contributed by atoms with Gasteiger partial charge in [0.25, 0.3) is 0 Å². The van der Waals surface area contributed by atoms with Gasteiger partial charge in [-0.25, -0.2) is 0 Å². The predicted molar refractivity (Wildman–Crippen MR) is 83.1 cm³/mol. The van der Waals surface area contributed by atoms with E-state index in [1.807, 2.05) is 54.6 Å². The summed E-state index contributed by atoms with van der Waals surface area (Å²) in [6.07, 6.45) is 0.708. The summed E-state index contributed by atoms with van der Waals surface area (Å²) in [4.78, 5) is 11.6. The molecule has 110 valence electrons. The molecule has 0 aromatic heterocycles. The second kappa shape index (κ2) is 7.45. The maximum atomic E-state index is 11.6. The number of carbonyl (C=O) groups is 1. The lowest BCUT2D eigenvalue weighted by Gasteiger charge is -2.19. The number of hydrogen-bond acceptors (Lipinski definition) is 3. The third-order valence-electron chi connectivity index (χ3n) is 3.32. The first kappa shape index (κ1) is 15.1. The molecular formula is C17H20N2O2. The van der Waals surface area contributed by atoms with E-state index in [2.05, 4.69) is 5.32 Å². The fourth-order valence-electron chi connectivity index (χ4n) is 2.19. The van der Waals surface area contributed by atoms with Crippen LogP contribution >= 0.6 is 0 Å². The molecular weight excluding hydrogens is 264 g/mol. The van der Waals surface area contributed by atoms with Crippen LogP contribution in [0.3, 0.4) is 0 Å². The molecule has 1 amide bonds. The Balaban J connectivity index is 2.16. The maximum absolute atomic E-state index is 11.6. The van der Waals surface area contributed by atoms with Crippen LogP contribution in [0.5, 0.6) is 5.75 Å². The highest BCUT2D eigenvalue weighted by Gasteiger charge is 2.14. The van der Waals surface area contributed by atoms with Gasteiger partial charge < -0.3 is 15.8 Å². The van der Waals surface area contributed by atoms with Crippen molar-refractivity contribution in [1.29, 1.82) is 0 Å². The van der Waals surface area contributed by atoms with E-state index < -0.39 is 0 Å². The van der Waals surface area contributed by atoms with Gasteiger partial charge in [0.1, 0.15) is 5.75 Å². The van der Waals surface area contributed by atoms with Gasteiger partial charge in [-0.05, 0) is 29.7 Å². The quantitative estimate of drug-likeness (QED) is 0.853. The first-order valence-electron chi connectivity index (χ1n) is 6.90. The highest BCUT2D eigenvalue weighted by atomic mass is 16.5. The molecule has 2 aromatic rings. The van der Waals surface area contributed by atoms with E-state index in [4.69, 9.17) is 10.5 Å². The van der Waals surface area contributed by atoms with Crippen LogP contribution in [0.15, 0.2) is 54.6 Å². The monoisotopic (exact) mass is 284 g/mol. The molecule has 2 aromatic carbocycles. The summed E-state index contributed by atoms with van der Waals surface area (Å²) in [5.41, 5.74) is 7.59. The van der Waals surface area contributed by atoms with Crippen LogP contribution in [0.4, 0.5) is 0 Å². The summed E-state index contributed by atoms with van der Waals surface area (Å²) in [5, 5.41) is 2.96. The Morgan fingerprint density at radius 1 is 1.14 bits per heavy atom. The van der Waals surface area contributed by atoms with Crippen LogP contribution in [0.1, 0.15) is 17.2 Å². The number of nitrogens with one attached hydrogen (secondary N) is 1. The van der Waals surface area contributed by atoms with Crippen LogP contribution in [0.25, 0.3) is 0 Å². The topological polar surface area (TPSA) is 64.3 Å². The number of carbonyl (C=O) groups excluding carboxylic acids is 1. The Hall–Kier alpha value is -2.33. The molecule has 0 aliphatic carbocycles. The number of nitrogens with two attached hydrogens (primary N) is 1. The Morgan fingerprint density at radius 3 is 2.38 bits per heavy atom. The number of methoxy groups -OCH3 is 1. The fourth-order valence-corrected chi connectivity index (χ4v) is 2.19. The first-order valence-corrected chi connectivity index (χ1v) is 6.90. The molecule has 0 aliphatic heterocycles. The van der Waals surface area contributed by atoms with Gasteiger partial charge in [0.15, 0.2) is 0 Å². The Morgan fingerprint density at radius 2 is 1.81 bits per heavy atom. The molecule has 4 nitrogen and oxygen atoms in total. The minimum atomic E-state index is -0.155. The first-order chi connectivity index (χ1) is 10.2. The van der Waals surface area contributed by atoms with Crippen LogP contribution in [-0.4, -0.2) is 19.6 Å². The molecule has 0 radical (unpaired) electrons. The van der Waals surface area contributed by atoms with E-state index in [-0.39, 0.29) is 18.5 Å². The molecule has 0 spiro atoms. The van der Waals surface area contributed by atoms with E-state index in [1.165, 1.54) is 0 Å². The number of ether oxygens (including phenoxy) is 1. The number of benzene rings is 2. The number of rotatable bonds is 6. The number of amides is 1. The molecule has 0 heterocycles. The largest absolute Gasteiger partial charge is 0.497 e. The predicted octanol–water partition coefficient (Wildman–Crippen LogP) is 2.05. The van der Waals surface area contributed by atoms with Crippen molar-refractivity contribution in [2.45, 2.75) is 12.5 Å². The van der Waals surface area contributed by atoms with E-state index in [1.54, 1.807) is 7.11 Å². The third kappa shape index (κ3) is 4.33. The van der Waals surface area contributed by atoms with E-state index >= 15 is 0 Å². The van der Waals surface area contributed by atoms with Crippen molar-refractivity contribution in [3.63, 3.8) is 0 Å². The summed E-state index contributed by atoms with van der Waals surface area (Å²) >= 11 is 0. The summed E-state index contributed by atoms with van der Waals surface area (Å²) in [6.45, 7) is -0.00799. The van der Waals surface area contributed by atoms with Gasteiger partial charge in [-0.15, -0.1) is 0 Å². The molecule has 1 atom stereocenters. The van der Waals surface area contributed by atoms with Crippen LogP contribution < -0.4 is 15.8 Å². The van der Waals surface area contributed by atoms with Crippen molar-refractivity contribution in [3.05, 3.63) is 65.7 Å². The summed E-state index contributed by atoms with van der Waals surface area (Å²) in [6, 6.07) is 17.7. The van der Waals surface area contributed by atoms with E-state index in [9.17, 15) is 4.79 Å². The van der Waals surface area contributed by atoms with Crippen molar-refractivity contribution in [1.82, 2.24) is 5.32 Å². The van der Waals surface area contributed by atoms with Crippen molar-refractivity contribution >= 4 is 5.91 Å². The summed E-state index contributed by atoms with van der Waals surface area (Å²) in [5.74, 6) is 0.665. The lowest BCUT2D eigenvalue weighted by molar-refractivity contribution is -0.120. The SMILES string of the molecule is COc1ccc(CC(NC(=O)CN)c2ccccc2)cc1. The van der Waals surface area contributed by atoms with Gasteiger partial charge in [0.2, 0.25) is 5.91 Å². The zero-order valence-electron chi connectivity index (χ0n) is 12.1. The van der Waals surface area contributed by atoms with Crippen LogP contribution in [0.2, 0.25) is 0 Å². The van der Waals surface area contributed by atoms with Crippen LogP contribution in [0, 0.1) is 0 Å². The fraction of sp³-hybridized carbons (Fsp3) is 0.235. The minimum Gasteiger partial charge on any atom is -0.497 e. The maximum Gasteiger partial charge on any atom is 0.234 e. The van der Waals surface area contributed by atoms with E-state index in [0.717, 1.165) is 16.9 Å². The lowest BCUT2D eigenvalue weighted by atomic mass is 9.98. The highest BCUT2D eigenvalue weighted by molar-refractivity contribution is 5.78. The van der Waals surface area contributed by atoms with Gasteiger partial charge in [-0.1, -0.05) is 42.5 Å². The third-order valence-corrected chi connectivity index (χ3v) is 3.32. The second-order valence-electron chi connectivity index (χ2n) is 4.79. The Bertz CT molecular complexity index is 567. The average molecular weight is 284 g/mol. The zero-order valence-corrected chi connectivity index (χ0v) is 12.1. The van der Waals surface area contributed by atoms with Crippen LogP contribution in [-0.2, 0) is 11.2 Å². The molecule has 4 heteroatoms. The molecule has 2 rings (SSSR count). The molecule has 21 heavy (non-hydrogen) atoms. The molecule has 3 N–H and O–H groups in total. The van der Waals surface area contributed by atoms with Gasteiger partial charge in [-0.3, -0.25) is 4.79 Å². The highest BCUT2D eigenvalue weighted by Crippen LogP contribution is 2.20. The van der Waals surface area contributed by atoms with Gasteiger partial charge in [0, 0.05) is 0 Å². The molecule has 1 unspecified atom stereocenters. The van der Waals surface area contributed by atoms with Gasteiger partial charge >= 0.3 is 0 Å². The minimum absolute atomic E-state index is 0.00799. The smallest absolute Gasteiger partial charge is 0.234 e. The molecule has 0 saturated carbocycles. The van der Waals surface area contributed by atoms with Crippen molar-refractivity contribution < 1.29 is 9.53 Å². The van der Waals surface area contributed by atoms with Crippen molar-refractivity contribution in [2.24, 2.45) is 5.73 Å². The van der Waals surface area contributed by atoms with Crippen molar-refractivity contribution in [3.8, 4) is 5.75 Å². The average Bonchev–Trinajstić information content (AvgIpc) is 2.55. The zero-order chi connectivity index (χ0) is 15.1. The standard InChI is InChI=1S/C17H20N2O2/c1-21-15-9-7-13(8-10-15)11-16(19-17(20)12-18)14-5-3-2-4-6-14/h2-10,16H,11-12,18H2,1H3,(H,19,20). The summed E-state index contributed by atoms with van der Waals surface area (Å²) < 4.78 is 5.15. The molecule has 0 saturated heterocycles. The Kier molecular flexibility index (Phi) is 5.35. The second-order valence-corrected chi connectivity index (χ2v) is 4.79.